The quantitative estimate of drug-likeness (QED) is 0.309. The first-order chi connectivity index (χ1) is 8.16. The summed E-state index contributed by atoms with van der Waals surface area (Å²) in [7, 11) is 0. The van der Waals surface area contributed by atoms with Gasteiger partial charge in [0.25, 0.3) is 0 Å². The molecule has 18 heavy (non-hydrogen) atoms. The maximum absolute atomic E-state index is 11.6. The van der Waals surface area contributed by atoms with Crippen LogP contribution in [0.2, 0.25) is 0 Å². The summed E-state index contributed by atoms with van der Waals surface area (Å²) in [6, 6.07) is 0. The number of hydrogen-bond donors (Lipinski definition) is 3. The largest absolute Gasteiger partial charge is 0.366 e. The average Bonchev–Trinajstić information content (AvgIpc) is 2.20. The summed E-state index contributed by atoms with van der Waals surface area (Å²) >= 11 is 0. The first-order valence-electron chi connectivity index (χ1n) is 5.96. The second-order valence-corrected chi connectivity index (χ2v) is 5.50. The van der Waals surface area contributed by atoms with Gasteiger partial charge in [0, 0.05) is 19.5 Å². The summed E-state index contributed by atoms with van der Waals surface area (Å²) in [4.78, 5) is 21.6. The molecular formula is C12H24N2O4. The highest BCUT2D eigenvalue weighted by atomic mass is 16.6. The van der Waals surface area contributed by atoms with Crippen LogP contribution in [0.4, 0.5) is 0 Å². The van der Waals surface area contributed by atoms with Gasteiger partial charge in [0.15, 0.2) is 5.79 Å². The molecule has 0 radical (unpaired) electrons. The van der Waals surface area contributed by atoms with Crippen LogP contribution in [-0.2, 0) is 14.3 Å². The second kappa shape index (κ2) is 7.33. The van der Waals surface area contributed by atoms with Crippen LogP contribution in [-0.4, -0.2) is 42.9 Å². The minimum atomic E-state index is -1.19. The van der Waals surface area contributed by atoms with Gasteiger partial charge in [-0.05, 0) is 19.3 Å². The first kappa shape index (κ1) is 16.9. The standard InChI is InChI=1S/C12H24N2O4/c1-11(2,8-18-12(3,4)17)7-10(16)14-6-5-13-9-15/h9,17H,5-8H2,1-4H3,(H,13,15)(H,14,16). The summed E-state index contributed by atoms with van der Waals surface area (Å²) in [5, 5.41) is 14.6. The molecular weight excluding hydrogens is 236 g/mol. The molecule has 0 saturated heterocycles. The maximum atomic E-state index is 11.6. The molecule has 106 valence electrons. The maximum Gasteiger partial charge on any atom is 0.220 e. The van der Waals surface area contributed by atoms with Crippen LogP contribution in [0.5, 0.6) is 0 Å². The molecule has 0 rings (SSSR count). The molecule has 0 aromatic rings. The van der Waals surface area contributed by atoms with Gasteiger partial charge in [-0.15, -0.1) is 0 Å². The highest BCUT2D eigenvalue weighted by Gasteiger charge is 2.25. The SMILES string of the molecule is CC(C)(COC(C)(C)O)CC(=O)NCCNC=O. The average molecular weight is 260 g/mol. The third kappa shape index (κ3) is 10.0. The van der Waals surface area contributed by atoms with Crippen LogP contribution in [0.15, 0.2) is 0 Å². The number of carbonyl (C=O) groups is 2. The monoisotopic (exact) mass is 260 g/mol. The van der Waals surface area contributed by atoms with Gasteiger partial charge in [-0.1, -0.05) is 13.8 Å². The van der Waals surface area contributed by atoms with Gasteiger partial charge in [0.1, 0.15) is 0 Å². The van der Waals surface area contributed by atoms with Crippen LogP contribution in [0.3, 0.4) is 0 Å². The Bertz CT molecular complexity index is 272. The highest BCUT2D eigenvalue weighted by molar-refractivity contribution is 5.76. The Hall–Kier alpha value is -1.14. The molecule has 0 fully saturated rings. The lowest BCUT2D eigenvalue weighted by atomic mass is 9.90. The molecule has 0 aromatic carbocycles. The third-order valence-electron chi connectivity index (χ3n) is 2.13. The summed E-state index contributed by atoms with van der Waals surface area (Å²) in [5.74, 6) is -1.30. The van der Waals surface area contributed by atoms with Gasteiger partial charge in [-0.3, -0.25) is 9.59 Å². The number of ether oxygens (including phenoxy) is 1. The van der Waals surface area contributed by atoms with Crippen molar-refractivity contribution in [2.24, 2.45) is 5.41 Å². The normalized spacial score (nSPS) is 12.1. The summed E-state index contributed by atoms with van der Waals surface area (Å²) in [6.45, 7) is 7.98. The molecule has 0 aliphatic heterocycles. The highest BCUT2D eigenvalue weighted by Crippen LogP contribution is 2.22. The zero-order valence-electron chi connectivity index (χ0n) is 11.6. The number of carbonyl (C=O) groups excluding carboxylic acids is 2. The predicted octanol–water partition coefficient (Wildman–Crippen LogP) is 0.00990. The Balaban J connectivity index is 3.92. The van der Waals surface area contributed by atoms with Gasteiger partial charge in [0.2, 0.25) is 12.3 Å². The molecule has 0 aliphatic carbocycles. The smallest absolute Gasteiger partial charge is 0.220 e. The minimum absolute atomic E-state index is 0.105. The van der Waals surface area contributed by atoms with Gasteiger partial charge in [0.05, 0.1) is 6.61 Å². The van der Waals surface area contributed by atoms with E-state index in [2.05, 4.69) is 10.6 Å². The Labute approximate surface area is 108 Å². The van der Waals surface area contributed by atoms with Crippen molar-refractivity contribution in [3.8, 4) is 0 Å². The van der Waals surface area contributed by atoms with E-state index in [1.165, 1.54) is 0 Å². The summed E-state index contributed by atoms with van der Waals surface area (Å²) in [6.07, 6.45) is 0.886. The van der Waals surface area contributed by atoms with E-state index in [1.807, 2.05) is 13.8 Å². The van der Waals surface area contributed by atoms with E-state index in [0.717, 1.165) is 0 Å². The van der Waals surface area contributed by atoms with E-state index in [1.54, 1.807) is 13.8 Å². The molecule has 2 amide bonds. The number of hydrogen-bond acceptors (Lipinski definition) is 4. The molecule has 0 aromatic heterocycles. The van der Waals surface area contributed by atoms with E-state index >= 15 is 0 Å². The molecule has 6 heteroatoms. The second-order valence-electron chi connectivity index (χ2n) is 5.50. The molecule has 0 unspecified atom stereocenters. The Kier molecular flexibility index (Phi) is 6.86. The van der Waals surface area contributed by atoms with Crippen molar-refractivity contribution < 1.29 is 19.4 Å². The van der Waals surface area contributed by atoms with Crippen molar-refractivity contribution in [1.29, 1.82) is 0 Å². The molecule has 0 aliphatic rings. The number of amides is 2. The van der Waals surface area contributed by atoms with Gasteiger partial charge < -0.3 is 20.5 Å². The van der Waals surface area contributed by atoms with E-state index in [9.17, 15) is 14.7 Å². The van der Waals surface area contributed by atoms with Crippen LogP contribution >= 0.6 is 0 Å². The van der Waals surface area contributed by atoms with Crippen LogP contribution in [0.1, 0.15) is 34.1 Å². The number of nitrogens with one attached hydrogen (secondary N) is 2. The fourth-order valence-electron chi connectivity index (χ4n) is 1.25. The van der Waals surface area contributed by atoms with Crippen molar-refractivity contribution in [3.05, 3.63) is 0 Å². The lowest BCUT2D eigenvalue weighted by molar-refractivity contribution is -0.192. The van der Waals surface area contributed by atoms with Crippen molar-refractivity contribution >= 4 is 12.3 Å². The molecule has 0 atom stereocenters. The first-order valence-corrected chi connectivity index (χ1v) is 5.96. The van der Waals surface area contributed by atoms with E-state index in [4.69, 9.17) is 4.74 Å². The third-order valence-corrected chi connectivity index (χ3v) is 2.13. The van der Waals surface area contributed by atoms with Gasteiger partial charge >= 0.3 is 0 Å². The Morgan fingerprint density at radius 3 is 2.39 bits per heavy atom. The Morgan fingerprint density at radius 1 is 1.28 bits per heavy atom. The Morgan fingerprint density at radius 2 is 1.89 bits per heavy atom. The summed E-state index contributed by atoms with van der Waals surface area (Å²) in [5.41, 5.74) is -0.359. The van der Waals surface area contributed by atoms with Gasteiger partial charge in [-0.2, -0.15) is 0 Å². The zero-order chi connectivity index (χ0) is 14.2. The van der Waals surface area contributed by atoms with Gasteiger partial charge in [-0.25, -0.2) is 0 Å². The van der Waals surface area contributed by atoms with Crippen LogP contribution < -0.4 is 10.6 Å². The lowest BCUT2D eigenvalue weighted by Gasteiger charge is -2.28. The minimum Gasteiger partial charge on any atom is -0.366 e. The zero-order valence-corrected chi connectivity index (χ0v) is 11.6. The van der Waals surface area contributed by atoms with Crippen LogP contribution in [0.25, 0.3) is 0 Å². The molecule has 3 N–H and O–H groups in total. The van der Waals surface area contributed by atoms with Crippen molar-refractivity contribution in [3.63, 3.8) is 0 Å². The van der Waals surface area contributed by atoms with Crippen molar-refractivity contribution in [2.45, 2.75) is 39.9 Å². The van der Waals surface area contributed by atoms with E-state index in [-0.39, 0.29) is 17.9 Å². The van der Waals surface area contributed by atoms with Crippen molar-refractivity contribution in [1.82, 2.24) is 10.6 Å². The molecule has 0 spiro atoms. The number of rotatable bonds is 9. The molecule has 0 bridgehead atoms. The molecule has 0 saturated carbocycles. The van der Waals surface area contributed by atoms with Crippen LogP contribution in [0, 0.1) is 5.41 Å². The molecule has 0 heterocycles. The fraction of sp³-hybridized carbons (Fsp3) is 0.833. The van der Waals surface area contributed by atoms with Crippen molar-refractivity contribution in [2.75, 3.05) is 19.7 Å². The number of aliphatic hydroxyl groups is 1. The topological polar surface area (TPSA) is 87.7 Å². The predicted molar refractivity (Wildman–Crippen MR) is 67.7 cm³/mol. The summed E-state index contributed by atoms with van der Waals surface area (Å²) < 4.78 is 5.25. The lowest BCUT2D eigenvalue weighted by Crippen LogP contribution is -2.37. The van der Waals surface area contributed by atoms with E-state index in [0.29, 0.717) is 25.9 Å². The fourth-order valence-corrected chi connectivity index (χ4v) is 1.25. The van der Waals surface area contributed by atoms with E-state index < -0.39 is 5.79 Å². The molecule has 6 nitrogen and oxygen atoms in total.